The first kappa shape index (κ1) is 9.97. The Morgan fingerprint density at radius 2 is 1.60 bits per heavy atom. The summed E-state index contributed by atoms with van der Waals surface area (Å²) in [6, 6.07) is 15.8. The third-order valence-corrected chi connectivity index (χ3v) is 2.74. The van der Waals surface area contributed by atoms with Crippen LogP contribution in [0.15, 0.2) is 36.4 Å². The van der Waals surface area contributed by atoms with E-state index in [-0.39, 0.29) is 0 Å². The molecule has 0 atom stereocenters. The summed E-state index contributed by atoms with van der Waals surface area (Å²) >= 11 is 0. The van der Waals surface area contributed by atoms with E-state index >= 15 is 0 Å². The highest BCUT2D eigenvalue weighted by molar-refractivity contribution is 5.70. The lowest BCUT2D eigenvalue weighted by Gasteiger charge is -2.09. The number of rotatable bonds is 1. The number of benzene rings is 2. The fourth-order valence-electron chi connectivity index (χ4n) is 1.93. The molecule has 1 radical (unpaired) electrons. The van der Waals surface area contributed by atoms with Crippen molar-refractivity contribution in [3.8, 4) is 11.1 Å². The van der Waals surface area contributed by atoms with Crippen molar-refractivity contribution in [2.24, 2.45) is 0 Å². The van der Waals surface area contributed by atoms with Gasteiger partial charge in [-0.2, -0.15) is 0 Å². The fraction of sp³-hybridized carbons (Fsp3) is 0.200. The molecule has 75 valence electrons. The maximum atomic E-state index is 3.10. The average molecular weight is 195 g/mol. The van der Waals surface area contributed by atoms with Crippen LogP contribution in [0, 0.1) is 26.8 Å². The van der Waals surface area contributed by atoms with E-state index in [4.69, 9.17) is 0 Å². The normalized spacial score (nSPS) is 10.3. The van der Waals surface area contributed by atoms with Crippen molar-refractivity contribution in [2.75, 3.05) is 0 Å². The SMILES string of the molecule is Cc1ccc(-c2cc[c]cc2C)c(C)c1. The van der Waals surface area contributed by atoms with Crippen molar-refractivity contribution < 1.29 is 0 Å². The lowest BCUT2D eigenvalue weighted by molar-refractivity contribution is 1.36. The Morgan fingerprint density at radius 3 is 2.27 bits per heavy atom. The molecule has 0 aliphatic carbocycles. The van der Waals surface area contributed by atoms with Crippen LogP contribution in [0.25, 0.3) is 11.1 Å². The minimum atomic E-state index is 1.28. The van der Waals surface area contributed by atoms with E-state index in [1.54, 1.807) is 0 Å². The molecule has 0 nitrogen and oxygen atoms in total. The van der Waals surface area contributed by atoms with Gasteiger partial charge in [-0.3, -0.25) is 0 Å². The van der Waals surface area contributed by atoms with Crippen LogP contribution in [0.5, 0.6) is 0 Å². The van der Waals surface area contributed by atoms with Gasteiger partial charge in [0.15, 0.2) is 0 Å². The van der Waals surface area contributed by atoms with Crippen molar-refractivity contribution in [3.63, 3.8) is 0 Å². The molecule has 2 aromatic carbocycles. The van der Waals surface area contributed by atoms with Crippen LogP contribution in [-0.2, 0) is 0 Å². The van der Waals surface area contributed by atoms with Gasteiger partial charge in [-0.25, -0.2) is 0 Å². The van der Waals surface area contributed by atoms with E-state index in [0.717, 1.165) is 0 Å². The highest BCUT2D eigenvalue weighted by Gasteiger charge is 2.03. The second kappa shape index (κ2) is 3.90. The molecular formula is C15H15. The number of hydrogen-bond donors (Lipinski definition) is 0. The lowest BCUT2D eigenvalue weighted by atomic mass is 9.95. The van der Waals surface area contributed by atoms with Crippen LogP contribution in [0.3, 0.4) is 0 Å². The first-order valence-corrected chi connectivity index (χ1v) is 5.23. The second-order valence-corrected chi connectivity index (χ2v) is 4.06. The van der Waals surface area contributed by atoms with Gasteiger partial charge in [0, 0.05) is 0 Å². The highest BCUT2D eigenvalue weighted by atomic mass is 14.1. The predicted molar refractivity (Wildman–Crippen MR) is 64.9 cm³/mol. The van der Waals surface area contributed by atoms with Gasteiger partial charge in [0.1, 0.15) is 0 Å². The minimum Gasteiger partial charge on any atom is -0.0587 e. The van der Waals surface area contributed by atoms with E-state index in [1.165, 1.54) is 27.8 Å². The largest absolute Gasteiger partial charge is 0.0587 e. The van der Waals surface area contributed by atoms with E-state index in [0.29, 0.717) is 0 Å². The third-order valence-electron chi connectivity index (χ3n) is 2.74. The number of hydrogen-bond acceptors (Lipinski definition) is 0. The summed E-state index contributed by atoms with van der Waals surface area (Å²) in [6.07, 6.45) is 0. The van der Waals surface area contributed by atoms with E-state index in [2.05, 4.69) is 51.1 Å². The molecule has 0 heterocycles. The van der Waals surface area contributed by atoms with Gasteiger partial charge in [-0.1, -0.05) is 42.0 Å². The van der Waals surface area contributed by atoms with Crippen molar-refractivity contribution in [3.05, 3.63) is 59.2 Å². The van der Waals surface area contributed by atoms with E-state index < -0.39 is 0 Å². The zero-order chi connectivity index (χ0) is 10.8. The summed E-state index contributed by atoms with van der Waals surface area (Å²) in [5.74, 6) is 0. The molecule has 0 aliphatic heterocycles. The van der Waals surface area contributed by atoms with E-state index in [1.807, 2.05) is 12.1 Å². The Morgan fingerprint density at radius 1 is 0.867 bits per heavy atom. The van der Waals surface area contributed by atoms with Gasteiger partial charge in [-0.15, -0.1) is 0 Å². The molecule has 0 bridgehead atoms. The van der Waals surface area contributed by atoms with Crippen molar-refractivity contribution in [2.45, 2.75) is 20.8 Å². The molecule has 0 saturated heterocycles. The van der Waals surface area contributed by atoms with Gasteiger partial charge >= 0.3 is 0 Å². The molecule has 0 amide bonds. The molecule has 0 heteroatoms. The Kier molecular flexibility index (Phi) is 2.59. The van der Waals surface area contributed by atoms with Crippen LogP contribution >= 0.6 is 0 Å². The maximum Gasteiger partial charge on any atom is -0.0152 e. The minimum absolute atomic E-state index is 1.28. The van der Waals surface area contributed by atoms with E-state index in [9.17, 15) is 0 Å². The third kappa shape index (κ3) is 1.94. The second-order valence-electron chi connectivity index (χ2n) is 4.06. The molecule has 0 unspecified atom stereocenters. The molecule has 15 heavy (non-hydrogen) atoms. The lowest BCUT2D eigenvalue weighted by Crippen LogP contribution is -1.87. The Labute approximate surface area is 91.6 Å². The van der Waals surface area contributed by atoms with Gasteiger partial charge in [0.05, 0.1) is 0 Å². The predicted octanol–water partition coefficient (Wildman–Crippen LogP) is 4.08. The highest BCUT2D eigenvalue weighted by Crippen LogP contribution is 2.26. The van der Waals surface area contributed by atoms with Gasteiger partial charge < -0.3 is 0 Å². The van der Waals surface area contributed by atoms with Crippen molar-refractivity contribution in [1.29, 1.82) is 0 Å². The van der Waals surface area contributed by atoms with Crippen LogP contribution in [0.1, 0.15) is 16.7 Å². The molecule has 2 aromatic rings. The molecule has 0 spiro atoms. The summed E-state index contributed by atoms with van der Waals surface area (Å²) in [7, 11) is 0. The molecule has 0 fully saturated rings. The molecule has 0 aliphatic rings. The summed E-state index contributed by atoms with van der Waals surface area (Å²) in [4.78, 5) is 0. The zero-order valence-electron chi connectivity index (χ0n) is 9.46. The number of aryl methyl sites for hydroxylation is 3. The summed E-state index contributed by atoms with van der Waals surface area (Å²) in [5, 5.41) is 0. The quantitative estimate of drug-likeness (QED) is 0.643. The average Bonchev–Trinajstić information content (AvgIpc) is 2.20. The molecule has 0 N–H and O–H groups in total. The van der Waals surface area contributed by atoms with Crippen LogP contribution in [0.2, 0.25) is 0 Å². The van der Waals surface area contributed by atoms with Crippen LogP contribution in [-0.4, -0.2) is 0 Å². The molecular weight excluding hydrogens is 180 g/mol. The topological polar surface area (TPSA) is 0 Å². The van der Waals surface area contributed by atoms with Gasteiger partial charge in [0.2, 0.25) is 0 Å². The Hall–Kier alpha value is -1.56. The monoisotopic (exact) mass is 195 g/mol. The van der Waals surface area contributed by atoms with Crippen LogP contribution < -0.4 is 0 Å². The summed E-state index contributed by atoms with van der Waals surface area (Å²) in [5.41, 5.74) is 6.57. The molecule has 0 aromatic heterocycles. The van der Waals surface area contributed by atoms with Gasteiger partial charge in [0.25, 0.3) is 0 Å². The standard InChI is InChI=1S/C15H15/c1-11-8-9-15(13(3)10-11)14-7-5-4-6-12(14)2/h5-10H,1-3H3. The fourth-order valence-corrected chi connectivity index (χ4v) is 1.93. The molecule has 0 saturated carbocycles. The smallest absolute Gasteiger partial charge is 0.0152 e. The summed E-state index contributed by atoms with van der Waals surface area (Å²) < 4.78 is 0. The Balaban J connectivity index is 2.60. The molecule has 2 rings (SSSR count). The first-order chi connectivity index (χ1) is 7.18. The summed E-state index contributed by atoms with van der Waals surface area (Å²) in [6.45, 7) is 6.42. The van der Waals surface area contributed by atoms with Crippen molar-refractivity contribution in [1.82, 2.24) is 0 Å². The van der Waals surface area contributed by atoms with Gasteiger partial charge in [-0.05, 0) is 49.1 Å². The van der Waals surface area contributed by atoms with Crippen LogP contribution in [0.4, 0.5) is 0 Å². The van der Waals surface area contributed by atoms with Crippen molar-refractivity contribution >= 4 is 0 Å². The zero-order valence-corrected chi connectivity index (χ0v) is 9.46. The first-order valence-electron chi connectivity index (χ1n) is 5.23. The Bertz CT molecular complexity index is 481. The maximum absolute atomic E-state index is 3.10.